The van der Waals surface area contributed by atoms with E-state index in [9.17, 15) is 0 Å². The Bertz CT molecular complexity index is 433. The summed E-state index contributed by atoms with van der Waals surface area (Å²) in [6.45, 7) is 4.45. The first-order valence-electron chi connectivity index (χ1n) is 7.34. The van der Waals surface area contributed by atoms with Crippen LogP contribution in [0.3, 0.4) is 0 Å². The molecule has 0 N–H and O–H groups in total. The molecule has 0 heterocycles. The monoisotopic (exact) mass is 256 g/mol. The lowest BCUT2D eigenvalue weighted by Gasteiger charge is -2.34. The van der Waals surface area contributed by atoms with Gasteiger partial charge in [-0.2, -0.15) is 5.26 Å². The van der Waals surface area contributed by atoms with Crippen LogP contribution in [-0.4, -0.2) is 13.1 Å². The smallest absolute Gasteiger partial charge is 0.0655 e. The Balaban J connectivity index is 2.00. The van der Waals surface area contributed by atoms with Gasteiger partial charge < -0.3 is 4.90 Å². The van der Waals surface area contributed by atoms with Crippen molar-refractivity contribution in [3.63, 3.8) is 0 Å². The van der Waals surface area contributed by atoms with E-state index in [0.29, 0.717) is 12.0 Å². The number of hydrogen-bond acceptors (Lipinski definition) is 2. The second-order valence-corrected chi connectivity index (χ2v) is 5.99. The summed E-state index contributed by atoms with van der Waals surface area (Å²) in [7, 11) is 2.18. The third-order valence-electron chi connectivity index (χ3n) is 4.39. The van der Waals surface area contributed by atoms with Crippen molar-refractivity contribution in [2.24, 2.45) is 5.92 Å². The minimum Gasteiger partial charge on any atom is -0.372 e. The molecule has 102 valence electrons. The standard InChI is InChI=1S/C17H24N2/c1-13(2)15-6-10-17(11-7-15)19(3)16-8-4-14(12-18)5-9-16/h6-7,10-11,13-14,16H,4-5,8-9H2,1-3H3. The Labute approximate surface area is 117 Å². The summed E-state index contributed by atoms with van der Waals surface area (Å²) in [5, 5.41) is 8.95. The number of nitrogens with zero attached hydrogens (tertiary/aromatic N) is 2. The van der Waals surface area contributed by atoms with Crippen molar-refractivity contribution in [3.05, 3.63) is 29.8 Å². The van der Waals surface area contributed by atoms with E-state index in [0.717, 1.165) is 25.7 Å². The van der Waals surface area contributed by atoms with Gasteiger partial charge >= 0.3 is 0 Å². The van der Waals surface area contributed by atoms with E-state index in [1.165, 1.54) is 11.3 Å². The SMILES string of the molecule is CC(C)c1ccc(N(C)C2CCC(C#N)CC2)cc1. The van der Waals surface area contributed by atoms with E-state index in [2.05, 4.69) is 56.1 Å². The minimum absolute atomic E-state index is 0.285. The average molecular weight is 256 g/mol. The number of rotatable bonds is 3. The molecule has 0 spiro atoms. The van der Waals surface area contributed by atoms with Gasteiger partial charge in [-0.1, -0.05) is 26.0 Å². The number of hydrogen-bond donors (Lipinski definition) is 0. The number of anilines is 1. The summed E-state index contributed by atoms with van der Waals surface area (Å²) in [6.07, 6.45) is 4.38. The van der Waals surface area contributed by atoms with Crippen LogP contribution in [0.15, 0.2) is 24.3 Å². The molecule has 0 radical (unpaired) electrons. The maximum absolute atomic E-state index is 8.95. The summed E-state index contributed by atoms with van der Waals surface area (Å²) in [5.74, 6) is 0.874. The molecule has 1 aliphatic carbocycles. The fourth-order valence-electron chi connectivity index (χ4n) is 2.90. The Kier molecular flexibility index (Phi) is 4.47. The van der Waals surface area contributed by atoms with Gasteiger partial charge in [0.1, 0.15) is 0 Å². The molecule has 0 aliphatic heterocycles. The molecule has 2 nitrogen and oxygen atoms in total. The van der Waals surface area contributed by atoms with Crippen molar-refractivity contribution in [2.75, 3.05) is 11.9 Å². The molecule has 2 rings (SSSR count). The van der Waals surface area contributed by atoms with Gasteiger partial charge in [0, 0.05) is 24.7 Å². The van der Waals surface area contributed by atoms with Crippen LogP contribution >= 0.6 is 0 Å². The van der Waals surface area contributed by atoms with E-state index in [4.69, 9.17) is 5.26 Å². The topological polar surface area (TPSA) is 27.0 Å². The van der Waals surface area contributed by atoms with Gasteiger partial charge in [0.15, 0.2) is 0 Å². The van der Waals surface area contributed by atoms with Gasteiger partial charge in [0.2, 0.25) is 0 Å². The van der Waals surface area contributed by atoms with Gasteiger partial charge in [-0.05, 0) is 49.3 Å². The van der Waals surface area contributed by atoms with E-state index in [-0.39, 0.29) is 5.92 Å². The number of benzene rings is 1. The highest BCUT2D eigenvalue weighted by molar-refractivity contribution is 5.48. The Morgan fingerprint density at radius 3 is 2.16 bits per heavy atom. The zero-order valence-corrected chi connectivity index (χ0v) is 12.3. The molecule has 1 aromatic carbocycles. The van der Waals surface area contributed by atoms with Crippen molar-refractivity contribution >= 4 is 5.69 Å². The first-order chi connectivity index (χ1) is 9.11. The van der Waals surface area contributed by atoms with Crippen LogP contribution in [0.25, 0.3) is 0 Å². The van der Waals surface area contributed by atoms with E-state index < -0.39 is 0 Å². The molecule has 0 unspecified atom stereocenters. The highest BCUT2D eigenvalue weighted by Gasteiger charge is 2.23. The maximum atomic E-state index is 8.95. The average Bonchev–Trinajstić information content (AvgIpc) is 2.46. The molecule has 1 aliphatic rings. The zero-order valence-electron chi connectivity index (χ0n) is 12.3. The second-order valence-electron chi connectivity index (χ2n) is 5.99. The molecule has 1 fully saturated rings. The van der Waals surface area contributed by atoms with Crippen molar-refractivity contribution in [1.29, 1.82) is 5.26 Å². The molecule has 0 atom stereocenters. The molecule has 1 aromatic rings. The molecular weight excluding hydrogens is 232 g/mol. The van der Waals surface area contributed by atoms with Crippen molar-refractivity contribution < 1.29 is 0 Å². The van der Waals surface area contributed by atoms with Crippen LogP contribution in [-0.2, 0) is 0 Å². The van der Waals surface area contributed by atoms with Gasteiger partial charge in [-0.15, -0.1) is 0 Å². The third-order valence-corrected chi connectivity index (χ3v) is 4.39. The van der Waals surface area contributed by atoms with Gasteiger partial charge in [-0.3, -0.25) is 0 Å². The maximum Gasteiger partial charge on any atom is 0.0655 e. The molecule has 1 saturated carbocycles. The highest BCUT2D eigenvalue weighted by Crippen LogP contribution is 2.29. The minimum atomic E-state index is 0.285. The molecule has 0 aromatic heterocycles. The van der Waals surface area contributed by atoms with Crippen molar-refractivity contribution in [3.8, 4) is 6.07 Å². The summed E-state index contributed by atoms with van der Waals surface area (Å²) >= 11 is 0. The number of nitriles is 1. The highest BCUT2D eigenvalue weighted by atomic mass is 15.1. The first kappa shape index (κ1) is 13.9. The summed E-state index contributed by atoms with van der Waals surface area (Å²) in [5.41, 5.74) is 2.69. The van der Waals surface area contributed by atoms with Gasteiger partial charge in [-0.25, -0.2) is 0 Å². The third kappa shape index (κ3) is 3.29. The largest absolute Gasteiger partial charge is 0.372 e. The lowest BCUT2D eigenvalue weighted by atomic mass is 9.86. The van der Waals surface area contributed by atoms with Gasteiger partial charge in [0.25, 0.3) is 0 Å². The van der Waals surface area contributed by atoms with Crippen molar-refractivity contribution in [2.45, 2.75) is 51.5 Å². The molecule has 2 heteroatoms. The van der Waals surface area contributed by atoms with Crippen LogP contribution in [0.2, 0.25) is 0 Å². The van der Waals surface area contributed by atoms with E-state index in [1.54, 1.807) is 0 Å². The van der Waals surface area contributed by atoms with Crippen LogP contribution in [0.5, 0.6) is 0 Å². The molecule has 0 amide bonds. The summed E-state index contributed by atoms with van der Waals surface area (Å²) in [4.78, 5) is 2.39. The quantitative estimate of drug-likeness (QED) is 0.805. The summed E-state index contributed by atoms with van der Waals surface area (Å²) in [6, 6.07) is 11.9. The molecule has 19 heavy (non-hydrogen) atoms. The van der Waals surface area contributed by atoms with Crippen molar-refractivity contribution in [1.82, 2.24) is 0 Å². The van der Waals surface area contributed by atoms with Gasteiger partial charge in [0.05, 0.1) is 6.07 Å². The molecular formula is C17H24N2. The van der Waals surface area contributed by atoms with Crippen LogP contribution in [0.1, 0.15) is 51.0 Å². The Morgan fingerprint density at radius 2 is 1.68 bits per heavy atom. The van der Waals surface area contributed by atoms with Crippen LogP contribution in [0, 0.1) is 17.2 Å². The molecule has 0 bridgehead atoms. The Hall–Kier alpha value is -1.49. The lowest BCUT2D eigenvalue weighted by Crippen LogP contribution is -2.34. The lowest BCUT2D eigenvalue weighted by molar-refractivity contribution is 0.372. The predicted molar refractivity (Wildman–Crippen MR) is 80.3 cm³/mol. The predicted octanol–water partition coefficient (Wildman–Crippen LogP) is 4.33. The van der Waals surface area contributed by atoms with E-state index in [1.807, 2.05) is 0 Å². The van der Waals surface area contributed by atoms with Crippen LogP contribution in [0.4, 0.5) is 5.69 Å². The van der Waals surface area contributed by atoms with Crippen LogP contribution < -0.4 is 4.90 Å². The Morgan fingerprint density at radius 1 is 1.11 bits per heavy atom. The fraction of sp³-hybridized carbons (Fsp3) is 0.588. The van der Waals surface area contributed by atoms with E-state index >= 15 is 0 Å². The normalized spacial score (nSPS) is 23.1. The summed E-state index contributed by atoms with van der Waals surface area (Å²) < 4.78 is 0. The zero-order chi connectivity index (χ0) is 13.8. The first-order valence-corrected chi connectivity index (χ1v) is 7.34. The second kappa shape index (κ2) is 6.10. The fourth-order valence-corrected chi connectivity index (χ4v) is 2.90. The molecule has 0 saturated heterocycles.